The van der Waals surface area contributed by atoms with Gasteiger partial charge in [0.1, 0.15) is 0 Å². The van der Waals surface area contributed by atoms with Gasteiger partial charge in [-0.25, -0.2) is 0 Å². The van der Waals surface area contributed by atoms with E-state index < -0.39 is 0 Å². The van der Waals surface area contributed by atoms with Crippen LogP contribution in [-0.2, 0) is 9.59 Å². The second kappa shape index (κ2) is 7.59. The van der Waals surface area contributed by atoms with E-state index in [-0.39, 0.29) is 11.8 Å². The highest BCUT2D eigenvalue weighted by atomic mass is 79.9. The van der Waals surface area contributed by atoms with Crippen molar-refractivity contribution in [3.05, 3.63) is 28.7 Å². The number of piperidine rings is 1. The number of amides is 2. The molecular weight excluding hydrogens is 332 g/mol. The Morgan fingerprint density at radius 1 is 1.19 bits per heavy atom. The van der Waals surface area contributed by atoms with Crippen LogP contribution in [0.5, 0.6) is 0 Å². The number of halogens is 1. The zero-order valence-electron chi connectivity index (χ0n) is 12.3. The SMILES string of the molecule is CC(=O)N(CCC(=O)N1CCCCC1)c1ccccc1Br. The fraction of sp³-hybridized carbons (Fsp3) is 0.500. The molecule has 1 aromatic carbocycles. The Morgan fingerprint density at radius 3 is 2.48 bits per heavy atom. The first-order valence-corrected chi connectivity index (χ1v) is 8.19. The number of para-hydroxylation sites is 1. The van der Waals surface area contributed by atoms with E-state index in [1.807, 2.05) is 29.2 Å². The molecule has 21 heavy (non-hydrogen) atoms. The summed E-state index contributed by atoms with van der Waals surface area (Å²) in [6.07, 6.45) is 3.76. The van der Waals surface area contributed by atoms with E-state index in [0.717, 1.165) is 36.1 Å². The van der Waals surface area contributed by atoms with Gasteiger partial charge in [-0.3, -0.25) is 9.59 Å². The van der Waals surface area contributed by atoms with Crippen LogP contribution in [0.15, 0.2) is 28.7 Å². The van der Waals surface area contributed by atoms with Gasteiger partial charge in [0.15, 0.2) is 0 Å². The lowest BCUT2D eigenvalue weighted by atomic mass is 10.1. The number of benzene rings is 1. The van der Waals surface area contributed by atoms with Crippen LogP contribution in [0.25, 0.3) is 0 Å². The molecule has 0 saturated carbocycles. The quantitative estimate of drug-likeness (QED) is 0.834. The zero-order chi connectivity index (χ0) is 15.2. The Balaban J connectivity index is 1.99. The largest absolute Gasteiger partial charge is 0.343 e. The molecule has 0 aromatic heterocycles. The van der Waals surface area contributed by atoms with Crippen molar-refractivity contribution >= 4 is 33.4 Å². The Labute approximate surface area is 134 Å². The van der Waals surface area contributed by atoms with Gasteiger partial charge in [0.2, 0.25) is 11.8 Å². The Kier molecular flexibility index (Phi) is 5.79. The lowest BCUT2D eigenvalue weighted by molar-refractivity contribution is -0.131. The molecule has 114 valence electrons. The predicted molar refractivity (Wildman–Crippen MR) is 87.2 cm³/mol. The number of carbonyl (C=O) groups excluding carboxylic acids is 2. The number of rotatable bonds is 4. The summed E-state index contributed by atoms with van der Waals surface area (Å²) < 4.78 is 0.866. The van der Waals surface area contributed by atoms with E-state index in [1.54, 1.807) is 4.90 Å². The van der Waals surface area contributed by atoms with Gasteiger partial charge in [-0.1, -0.05) is 12.1 Å². The highest BCUT2D eigenvalue weighted by Gasteiger charge is 2.19. The normalized spacial score (nSPS) is 14.9. The molecule has 1 fully saturated rings. The van der Waals surface area contributed by atoms with Gasteiger partial charge in [-0.2, -0.15) is 0 Å². The van der Waals surface area contributed by atoms with Gasteiger partial charge in [0.05, 0.1) is 5.69 Å². The highest BCUT2D eigenvalue weighted by Crippen LogP contribution is 2.26. The van der Waals surface area contributed by atoms with Crippen molar-refractivity contribution < 1.29 is 9.59 Å². The Morgan fingerprint density at radius 2 is 1.86 bits per heavy atom. The number of carbonyl (C=O) groups is 2. The summed E-state index contributed by atoms with van der Waals surface area (Å²) in [5.41, 5.74) is 0.816. The van der Waals surface area contributed by atoms with E-state index in [9.17, 15) is 9.59 Å². The maximum Gasteiger partial charge on any atom is 0.224 e. The average Bonchev–Trinajstić information content (AvgIpc) is 2.49. The van der Waals surface area contributed by atoms with E-state index >= 15 is 0 Å². The van der Waals surface area contributed by atoms with Crippen LogP contribution in [-0.4, -0.2) is 36.3 Å². The van der Waals surface area contributed by atoms with E-state index in [0.29, 0.717) is 13.0 Å². The van der Waals surface area contributed by atoms with Crippen LogP contribution in [0.4, 0.5) is 5.69 Å². The van der Waals surface area contributed by atoms with Crippen LogP contribution in [0.3, 0.4) is 0 Å². The molecule has 0 bridgehead atoms. The van der Waals surface area contributed by atoms with Crippen LogP contribution >= 0.6 is 15.9 Å². The summed E-state index contributed by atoms with van der Waals surface area (Å²) in [6, 6.07) is 7.59. The fourth-order valence-corrected chi connectivity index (χ4v) is 3.13. The number of nitrogens with zero attached hydrogens (tertiary/aromatic N) is 2. The summed E-state index contributed by atoms with van der Waals surface area (Å²) in [5.74, 6) is 0.0985. The van der Waals surface area contributed by atoms with Crippen LogP contribution in [0, 0.1) is 0 Å². The summed E-state index contributed by atoms with van der Waals surface area (Å²) in [7, 11) is 0. The smallest absolute Gasteiger partial charge is 0.224 e. The van der Waals surface area contributed by atoms with Crippen molar-refractivity contribution in [1.29, 1.82) is 0 Å². The van der Waals surface area contributed by atoms with Crippen LogP contribution in [0.2, 0.25) is 0 Å². The molecule has 4 nitrogen and oxygen atoms in total. The Hall–Kier alpha value is -1.36. The molecule has 0 N–H and O–H groups in total. The first-order chi connectivity index (χ1) is 10.1. The van der Waals surface area contributed by atoms with Crippen molar-refractivity contribution in [3.8, 4) is 0 Å². The van der Waals surface area contributed by atoms with Crippen molar-refractivity contribution in [2.24, 2.45) is 0 Å². The molecule has 2 amide bonds. The van der Waals surface area contributed by atoms with Crippen LogP contribution < -0.4 is 4.90 Å². The predicted octanol–water partition coefficient (Wildman–Crippen LogP) is 3.20. The molecule has 0 radical (unpaired) electrons. The first-order valence-electron chi connectivity index (χ1n) is 7.40. The van der Waals surface area contributed by atoms with Crippen LogP contribution in [0.1, 0.15) is 32.6 Å². The van der Waals surface area contributed by atoms with Gasteiger partial charge in [-0.15, -0.1) is 0 Å². The van der Waals surface area contributed by atoms with E-state index in [2.05, 4.69) is 15.9 Å². The van der Waals surface area contributed by atoms with Gasteiger partial charge < -0.3 is 9.80 Å². The number of anilines is 1. The Bertz CT molecular complexity index is 513. The van der Waals surface area contributed by atoms with Crippen molar-refractivity contribution in [3.63, 3.8) is 0 Å². The second-order valence-electron chi connectivity index (χ2n) is 5.31. The minimum atomic E-state index is -0.0478. The average molecular weight is 353 g/mol. The minimum Gasteiger partial charge on any atom is -0.343 e. The second-order valence-corrected chi connectivity index (χ2v) is 6.17. The third-order valence-corrected chi connectivity index (χ3v) is 4.45. The fourth-order valence-electron chi connectivity index (χ4n) is 2.63. The highest BCUT2D eigenvalue weighted by molar-refractivity contribution is 9.10. The molecule has 1 saturated heterocycles. The summed E-state index contributed by atoms with van der Waals surface area (Å²) in [5, 5.41) is 0. The third kappa shape index (κ3) is 4.30. The monoisotopic (exact) mass is 352 g/mol. The van der Waals surface area contributed by atoms with E-state index in [4.69, 9.17) is 0 Å². The van der Waals surface area contributed by atoms with Gasteiger partial charge >= 0.3 is 0 Å². The van der Waals surface area contributed by atoms with Gasteiger partial charge in [0.25, 0.3) is 0 Å². The first kappa shape index (κ1) is 16.0. The van der Waals surface area contributed by atoms with Crippen molar-refractivity contribution in [2.75, 3.05) is 24.5 Å². The molecule has 1 aliphatic heterocycles. The number of likely N-dealkylation sites (tertiary alicyclic amines) is 1. The summed E-state index contributed by atoms with van der Waals surface area (Å²) in [4.78, 5) is 27.7. The summed E-state index contributed by atoms with van der Waals surface area (Å²) >= 11 is 3.46. The van der Waals surface area contributed by atoms with Crippen molar-refractivity contribution in [1.82, 2.24) is 4.90 Å². The van der Waals surface area contributed by atoms with Gasteiger partial charge in [0, 0.05) is 37.5 Å². The summed E-state index contributed by atoms with van der Waals surface area (Å²) in [6.45, 7) is 3.67. The molecule has 1 aromatic rings. The molecule has 1 heterocycles. The maximum atomic E-state index is 12.2. The molecule has 2 rings (SSSR count). The van der Waals surface area contributed by atoms with E-state index in [1.165, 1.54) is 13.3 Å². The molecule has 0 spiro atoms. The molecule has 0 atom stereocenters. The van der Waals surface area contributed by atoms with Gasteiger partial charge in [-0.05, 0) is 47.3 Å². The number of hydrogen-bond donors (Lipinski definition) is 0. The minimum absolute atomic E-state index is 0.0478. The third-order valence-electron chi connectivity index (χ3n) is 3.78. The zero-order valence-corrected chi connectivity index (χ0v) is 13.9. The molecule has 5 heteroatoms. The molecular formula is C16H21BrN2O2. The standard InChI is InChI=1S/C16H21BrN2O2/c1-13(20)19(15-8-4-3-7-14(15)17)12-9-16(21)18-10-5-2-6-11-18/h3-4,7-8H,2,5-6,9-12H2,1H3. The number of hydrogen-bond acceptors (Lipinski definition) is 2. The molecule has 0 unspecified atom stereocenters. The maximum absolute atomic E-state index is 12.2. The van der Waals surface area contributed by atoms with Crippen molar-refractivity contribution in [2.45, 2.75) is 32.6 Å². The molecule has 0 aliphatic carbocycles. The lowest BCUT2D eigenvalue weighted by Gasteiger charge is -2.28. The lowest BCUT2D eigenvalue weighted by Crippen LogP contribution is -2.39. The molecule has 1 aliphatic rings. The topological polar surface area (TPSA) is 40.6 Å².